The van der Waals surface area contributed by atoms with E-state index in [-0.39, 0.29) is 11.5 Å². The SMILES string of the molecule is CCOc1cc(/C=N/N=C/c2ccc(O)cc2)ccc1O. The lowest BCUT2D eigenvalue weighted by molar-refractivity contribution is 0.318. The van der Waals surface area contributed by atoms with E-state index in [2.05, 4.69) is 10.2 Å². The highest BCUT2D eigenvalue weighted by Gasteiger charge is 2.01. The van der Waals surface area contributed by atoms with Crippen LogP contribution in [0.4, 0.5) is 0 Å². The lowest BCUT2D eigenvalue weighted by Crippen LogP contribution is -1.93. The largest absolute Gasteiger partial charge is 0.508 e. The van der Waals surface area contributed by atoms with E-state index in [0.29, 0.717) is 12.4 Å². The number of hydrogen-bond acceptors (Lipinski definition) is 5. The van der Waals surface area contributed by atoms with Crippen LogP contribution in [0.15, 0.2) is 52.7 Å². The number of aromatic hydroxyl groups is 2. The highest BCUT2D eigenvalue weighted by atomic mass is 16.5. The Labute approximate surface area is 122 Å². The van der Waals surface area contributed by atoms with Crippen LogP contribution in [0.1, 0.15) is 18.1 Å². The number of hydrogen-bond donors (Lipinski definition) is 2. The van der Waals surface area contributed by atoms with Crippen LogP contribution < -0.4 is 4.74 Å². The van der Waals surface area contributed by atoms with E-state index in [1.807, 2.05) is 6.92 Å². The summed E-state index contributed by atoms with van der Waals surface area (Å²) in [6, 6.07) is 11.6. The molecular formula is C16H16N2O3. The first-order chi connectivity index (χ1) is 10.2. The zero-order valence-corrected chi connectivity index (χ0v) is 11.6. The molecule has 2 aromatic carbocycles. The monoisotopic (exact) mass is 284 g/mol. The van der Waals surface area contributed by atoms with E-state index < -0.39 is 0 Å². The van der Waals surface area contributed by atoms with Gasteiger partial charge < -0.3 is 14.9 Å². The van der Waals surface area contributed by atoms with Crippen molar-refractivity contribution in [2.24, 2.45) is 10.2 Å². The molecule has 2 N–H and O–H groups in total. The van der Waals surface area contributed by atoms with Gasteiger partial charge in [0, 0.05) is 0 Å². The first kappa shape index (κ1) is 14.6. The van der Waals surface area contributed by atoms with Crippen LogP contribution in [0.25, 0.3) is 0 Å². The van der Waals surface area contributed by atoms with Crippen LogP contribution in [-0.2, 0) is 0 Å². The van der Waals surface area contributed by atoms with Gasteiger partial charge in [0.05, 0.1) is 19.0 Å². The van der Waals surface area contributed by atoms with Gasteiger partial charge in [0.1, 0.15) is 5.75 Å². The first-order valence-corrected chi connectivity index (χ1v) is 6.50. The van der Waals surface area contributed by atoms with Crippen molar-refractivity contribution >= 4 is 12.4 Å². The van der Waals surface area contributed by atoms with Crippen LogP contribution in [0.3, 0.4) is 0 Å². The van der Waals surface area contributed by atoms with E-state index >= 15 is 0 Å². The molecule has 0 fully saturated rings. The third-order valence-electron chi connectivity index (χ3n) is 2.66. The van der Waals surface area contributed by atoms with Crippen molar-refractivity contribution in [2.75, 3.05) is 6.61 Å². The van der Waals surface area contributed by atoms with Gasteiger partial charge in [0.2, 0.25) is 0 Å². The summed E-state index contributed by atoms with van der Waals surface area (Å²) in [4.78, 5) is 0. The minimum atomic E-state index is 0.0987. The fourth-order valence-electron chi connectivity index (χ4n) is 1.64. The summed E-state index contributed by atoms with van der Waals surface area (Å²) < 4.78 is 5.29. The van der Waals surface area contributed by atoms with E-state index in [4.69, 9.17) is 9.84 Å². The molecule has 0 aliphatic rings. The Bertz CT molecular complexity index is 649. The molecule has 0 unspecified atom stereocenters. The molecule has 108 valence electrons. The molecule has 0 atom stereocenters. The molecule has 0 bridgehead atoms. The molecule has 0 aliphatic carbocycles. The standard InChI is InChI=1S/C16H16N2O3/c1-2-21-16-9-13(5-8-15(16)20)11-18-17-10-12-3-6-14(19)7-4-12/h3-11,19-20H,2H2,1H3/b17-10+,18-11+. The molecule has 0 radical (unpaired) electrons. The summed E-state index contributed by atoms with van der Waals surface area (Å²) in [5, 5.41) is 26.6. The van der Waals surface area contributed by atoms with Gasteiger partial charge in [0.25, 0.3) is 0 Å². The zero-order chi connectivity index (χ0) is 15.1. The van der Waals surface area contributed by atoms with Crippen molar-refractivity contribution in [2.45, 2.75) is 6.92 Å². The lowest BCUT2D eigenvalue weighted by Gasteiger charge is -2.05. The Hall–Kier alpha value is -2.82. The molecule has 2 rings (SSSR count). The number of phenolic OH excluding ortho intramolecular Hbond substituents is 2. The van der Waals surface area contributed by atoms with Crippen molar-refractivity contribution in [3.8, 4) is 17.2 Å². The van der Waals surface area contributed by atoms with Crippen LogP contribution >= 0.6 is 0 Å². The van der Waals surface area contributed by atoms with Crippen LogP contribution in [0.2, 0.25) is 0 Å². The summed E-state index contributed by atoms with van der Waals surface area (Å²) in [7, 11) is 0. The van der Waals surface area contributed by atoms with Crippen molar-refractivity contribution < 1.29 is 14.9 Å². The Kier molecular flexibility index (Phi) is 4.93. The molecule has 0 amide bonds. The molecule has 5 heteroatoms. The van der Waals surface area contributed by atoms with Crippen molar-refractivity contribution in [3.05, 3.63) is 53.6 Å². The second-order valence-corrected chi connectivity index (χ2v) is 4.24. The Morgan fingerprint density at radius 2 is 1.57 bits per heavy atom. The fourth-order valence-corrected chi connectivity index (χ4v) is 1.64. The fraction of sp³-hybridized carbons (Fsp3) is 0.125. The van der Waals surface area contributed by atoms with E-state index in [9.17, 15) is 5.11 Å². The predicted molar refractivity (Wildman–Crippen MR) is 82.6 cm³/mol. The molecule has 0 heterocycles. The summed E-state index contributed by atoms with van der Waals surface area (Å²) in [6.07, 6.45) is 3.15. The molecule has 0 saturated carbocycles. The first-order valence-electron chi connectivity index (χ1n) is 6.50. The molecule has 5 nitrogen and oxygen atoms in total. The smallest absolute Gasteiger partial charge is 0.161 e. The highest BCUT2D eigenvalue weighted by molar-refractivity contribution is 5.83. The molecule has 0 spiro atoms. The number of rotatable bonds is 5. The van der Waals surface area contributed by atoms with Gasteiger partial charge in [-0.1, -0.05) is 0 Å². The minimum Gasteiger partial charge on any atom is -0.508 e. The molecule has 21 heavy (non-hydrogen) atoms. The van der Waals surface area contributed by atoms with Gasteiger partial charge in [-0.2, -0.15) is 10.2 Å². The summed E-state index contributed by atoms with van der Waals surface area (Å²) in [5.74, 6) is 0.730. The normalized spacial score (nSPS) is 11.3. The molecular weight excluding hydrogens is 268 g/mol. The zero-order valence-electron chi connectivity index (χ0n) is 11.6. The molecule has 2 aromatic rings. The number of ether oxygens (including phenoxy) is 1. The van der Waals surface area contributed by atoms with Gasteiger partial charge in [0.15, 0.2) is 11.5 Å². The topological polar surface area (TPSA) is 74.4 Å². The predicted octanol–water partition coefficient (Wildman–Crippen LogP) is 2.95. The maximum atomic E-state index is 9.59. The highest BCUT2D eigenvalue weighted by Crippen LogP contribution is 2.26. The summed E-state index contributed by atoms with van der Waals surface area (Å²) in [6.45, 7) is 2.33. The number of phenols is 2. The van der Waals surface area contributed by atoms with Crippen LogP contribution in [-0.4, -0.2) is 29.2 Å². The number of nitrogens with zero attached hydrogens (tertiary/aromatic N) is 2. The average molecular weight is 284 g/mol. The average Bonchev–Trinajstić information content (AvgIpc) is 2.49. The molecule has 0 aromatic heterocycles. The molecule has 0 aliphatic heterocycles. The lowest BCUT2D eigenvalue weighted by atomic mass is 10.2. The third-order valence-corrected chi connectivity index (χ3v) is 2.66. The van der Waals surface area contributed by atoms with Gasteiger partial charge in [-0.15, -0.1) is 0 Å². The van der Waals surface area contributed by atoms with Gasteiger partial charge in [-0.25, -0.2) is 0 Å². The maximum absolute atomic E-state index is 9.59. The second kappa shape index (κ2) is 7.09. The maximum Gasteiger partial charge on any atom is 0.161 e. The summed E-state index contributed by atoms with van der Waals surface area (Å²) in [5.41, 5.74) is 1.62. The van der Waals surface area contributed by atoms with Gasteiger partial charge in [-0.3, -0.25) is 0 Å². The quantitative estimate of drug-likeness (QED) is 0.654. The van der Waals surface area contributed by atoms with Crippen LogP contribution in [0, 0.1) is 0 Å². The molecule has 0 saturated heterocycles. The van der Waals surface area contributed by atoms with Crippen molar-refractivity contribution in [1.29, 1.82) is 0 Å². The Morgan fingerprint density at radius 3 is 2.24 bits per heavy atom. The van der Waals surface area contributed by atoms with E-state index in [1.54, 1.807) is 54.9 Å². The third kappa shape index (κ3) is 4.35. The van der Waals surface area contributed by atoms with Crippen molar-refractivity contribution in [1.82, 2.24) is 0 Å². The Morgan fingerprint density at radius 1 is 0.952 bits per heavy atom. The number of benzene rings is 2. The van der Waals surface area contributed by atoms with E-state index in [0.717, 1.165) is 11.1 Å². The van der Waals surface area contributed by atoms with Crippen molar-refractivity contribution in [3.63, 3.8) is 0 Å². The Balaban J connectivity index is 2.04. The summed E-state index contributed by atoms with van der Waals surface area (Å²) >= 11 is 0. The van der Waals surface area contributed by atoms with Crippen LogP contribution in [0.5, 0.6) is 17.2 Å². The van der Waals surface area contributed by atoms with Gasteiger partial charge >= 0.3 is 0 Å². The minimum absolute atomic E-state index is 0.0987. The second-order valence-electron chi connectivity index (χ2n) is 4.24. The van der Waals surface area contributed by atoms with E-state index in [1.165, 1.54) is 0 Å². The van der Waals surface area contributed by atoms with Gasteiger partial charge in [-0.05, 0) is 60.5 Å².